The summed E-state index contributed by atoms with van der Waals surface area (Å²) in [4.78, 5) is 14.6. The Hall–Kier alpha value is -2.14. The lowest BCUT2D eigenvalue weighted by atomic mass is 10.1. The molecule has 0 atom stereocenters. The fourth-order valence-electron chi connectivity index (χ4n) is 3.32. The van der Waals surface area contributed by atoms with Crippen molar-refractivity contribution in [2.45, 2.75) is 19.4 Å². The van der Waals surface area contributed by atoms with Crippen LogP contribution >= 0.6 is 11.3 Å². The molecule has 4 rings (SSSR count). The lowest BCUT2D eigenvalue weighted by Crippen LogP contribution is -2.23. The minimum absolute atomic E-state index is 0.856. The zero-order valence-electron chi connectivity index (χ0n) is 13.3. The van der Waals surface area contributed by atoms with E-state index in [2.05, 4.69) is 62.5 Å². The molecule has 0 saturated carbocycles. The summed E-state index contributed by atoms with van der Waals surface area (Å²) in [6, 6.07) is 10.9. The lowest BCUT2D eigenvalue weighted by molar-refractivity contribution is 0.879. The minimum Gasteiger partial charge on any atom is -0.371 e. The van der Waals surface area contributed by atoms with Crippen LogP contribution in [-0.4, -0.2) is 30.1 Å². The molecule has 1 aliphatic heterocycles. The number of hydrogen-bond donors (Lipinski definition) is 0. The van der Waals surface area contributed by atoms with Gasteiger partial charge in [0.25, 0.3) is 0 Å². The number of benzene rings is 1. The molecule has 0 bridgehead atoms. The van der Waals surface area contributed by atoms with Crippen molar-refractivity contribution in [3.05, 3.63) is 47.6 Å². The molecule has 0 radical (unpaired) electrons. The van der Waals surface area contributed by atoms with E-state index in [1.807, 2.05) is 0 Å². The highest BCUT2D eigenvalue weighted by Crippen LogP contribution is 2.29. The molecule has 5 heteroatoms. The topological polar surface area (TPSA) is 32.3 Å². The van der Waals surface area contributed by atoms with E-state index in [1.54, 1.807) is 17.7 Å². The Balaban J connectivity index is 1.64. The largest absolute Gasteiger partial charge is 0.371 e. The number of rotatable bonds is 4. The van der Waals surface area contributed by atoms with E-state index in [-0.39, 0.29) is 0 Å². The fraction of sp³-hybridized carbons (Fsp3) is 0.333. The number of thiophene rings is 1. The summed E-state index contributed by atoms with van der Waals surface area (Å²) in [5.41, 5.74) is 2.73. The predicted molar refractivity (Wildman–Crippen MR) is 97.4 cm³/mol. The molecule has 0 amide bonds. The molecule has 2 aromatic heterocycles. The lowest BCUT2D eigenvalue weighted by Gasteiger charge is -2.25. The Kier molecular flexibility index (Phi) is 3.87. The normalized spacial score (nSPS) is 14.6. The van der Waals surface area contributed by atoms with Crippen LogP contribution in [-0.2, 0) is 6.54 Å². The molecule has 1 fully saturated rings. The van der Waals surface area contributed by atoms with Gasteiger partial charge in [0.05, 0.1) is 5.39 Å². The van der Waals surface area contributed by atoms with Gasteiger partial charge in [-0.2, -0.15) is 0 Å². The smallest absolute Gasteiger partial charge is 0.140 e. The van der Waals surface area contributed by atoms with Crippen molar-refractivity contribution in [1.29, 1.82) is 0 Å². The van der Waals surface area contributed by atoms with Gasteiger partial charge in [-0.3, -0.25) is 0 Å². The molecule has 0 unspecified atom stereocenters. The van der Waals surface area contributed by atoms with E-state index in [0.717, 1.165) is 22.6 Å². The zero-order valence-corrected chi connectivity index (χ0v) is 14.1. The molecule has 3 aromatic rings. The van der Waals surface area contributed by atoms with Crippen LogP contribution < -0.4 is 9.80 Å². The van der Waals surface area contributed by atoms with Crippen LogP contribution in [0.4, 0.5) is 11.5 Å². The molecule has 23 heavy (non-hydrogen) atoms. The van der Waals surface area contributed by atoms with E-state index in [9.17, 15) is 0 Å². The monoisotopic (exact) mass is 324 g/mol. The maximum Gasteiger partial charge on any atom is 0.140 e. The molecule has 3 heterocycles. The molecule has 0 aliphatic carbocycles. The molecule has 0 spiro atoms. The number of hydrogen-bond acceptors (Lipinski definition) is 5. The van der Waals surface area contributed by atoms with Crippen molar-refractivity contribution in [2.75, 3.05) is 29.9 Å². The summed E-state index contributed by atoms with van der Waals surface area (Å²) in [6.45, 7) is 3.20. The van der Waals surface area contributed by atoms with Crippen LogP contribution in [0.5, 0.6) is 0 Å². The van der Waals surface area contributed by atoms with E-state index < -0.39 is 0 Å². The summed E-state index contributed by atoms with van der Waals surface area (Å²) < 4.78 is 0. The van der Waals surface area contributed by atoms with Crippen LogP contribution in [0.2, 0.25) is 0 Å². The Morgan fingerprint density at radius 2 is 1.96 bits per heavy atom. The molecule has 1 aromatic carbocycles. The van der Waals surface area contributed by atoms with Crippen molar-refractivity contribution in [1.82, 2.24) is 9.97 Å². The van der Waals surface area contributed by atoms with Crippen molar-refractivity contribution in [2.24, 2.45) is 0 Å². The molecular weight excluding hydrogens is 304 g/mol. The van der Waals surface area contributed by atoms with E-state index in [0.29, 0.717) is 0 Å². The van der Waals surface area contributed by atoms with E-state index in [1.165, 1.54) is 37.2 Å². The first-order valence-corrected chi connectivity index (χ1v) is 8.93. The minimum atomic E-state index is 0.856. The summed E-state index contributed by atoms with van der Waals surface area (Å²) in [5, 5.41) is 3.22. The zero-order chi connectivity index (χ0) is 15.6. The molecule has 118 valence electrons. The maximum atomic E-state index is 4.51. The van der Waals surface area contributed by atoms with Gasteiger partial charge >= 0.3 is 0 Å². The van der Waals surface area contributed by atoms with Crippen molar-refractivity contribution in [3.8, 4) is 0 Å². The van der Waals surface area contributed by atoms with Gasteiger partial charge in [-0.05, 0) is 35.9 Å². The van der Waals surface area contributed by atoms with Gasteiger partial charge in [0, 0.05) is 32.4 Å². The number of para-hydroxylation sites is 1. The van der Waals surface area contributed by atoms with Gasteiger partial charge in [0.15, 0.2) is 0 Å². The van der Waals surface area contributed by atoms with Crippen molar-refractivity contribution < 1.29 is 0 Å². The third kappa shape index (κ3) is 2.77. The first kappa shape index (κ1) is 14.5. The Morgan fingerprint density at radius 3 is 2.83 bits per heavy atom. The molecule has 1 aliphatic rings. The average molecular weight is 324 g/mol. The van der Waals surface area contributed by atoms with Gasteiger partial charge in [0.1, 0.15) is 17.0 Å². The highest BCUT2D eigenvalue weighted by atomic mass is 32.1. The van der Waals surface area contributed by atoms with Crippen LogP contribution in [0.15, 0.2) is 42.0 Å². The van der Waals surface area contributed by atoms with Crippen LogP contribution in [0.1, 0.15) is 18.4 Å². The average Bonchev–Trinajstić information content (AvgIpc) is 3.26. The molecule has 0 N–H and O–H groups in total. The van der Waals surface area contributed by atoms with Crippen molar-refractivity contribution >= 4 is 33.1 Å². The van der Waals surface area contributed by atoms with Gasteiger partial charge in [-0.15, -0.1) is 11.3 Å². The predicted octanol–water partition coefficient (Wildman–Crippen LogP) is 3.93. The van der Waals surface area contributed by atoms with Crippen molar-refractivity contribution in [3.63, 3.8) is 0 Å². The van der Waals surface area contributed by atoms with Crippen LogP contribution in [0.3, 0.4) is 0 Å². The Labute approximate surface area is 140 Å². The van der Waals surface area contributed by atoms with E-state index in [4.69, 9.17) is 0 Å². The Bertz CT molecular complexity index is 807. The third-order valence-electron chi connectivity index (χ3n) is 4.45. The maximum absolute atomic E-state index is 4.51. The van der Waals surface area contributed by atoms with Gasteiger partial charge in [0.2, 0.25) is 0 Å². The van der Waals surface area contributed by atoms with E-state index >= 15 is 0 Å². The number of anilines is 2. The number of nitrogens with zero attached hydrogens (tertiary/aromatic N) is 4. The second-order valence-electron chi connectivity index (χ2n) is 6.02. The third-order valence-corrected chi connectivity index (χ3v) is 5.27. The summed E-state index contributed by atoms with van der Waals surface area (Å²) in [6.07, 6.45) is 4.26. The van der Waals surface area contributed by atoms with Gasteiger partial charge < -0.3 is 9.80 Å². The highest BCUT2D eigenvalue weighted by Gasteiger charge is 2.17. The quantitative estimate of drug-likeness (QED) is 0.728. The molecule has 4 nitrogen and oxygen atoms in total. The molecule has 1 saturated heterocycles. The second kappa shape index (κ2) is 6.16. The SMILES string of the molecule is CN(Cc1ccccc1N1CCCC1)c1ncnc2sccc12. The first-order valence-electron chi connectivity index (χ1n) is 8.05. The van der Waals surface area contributed by atoms with Crippen LogP contribution in [0.25, 0.3) is 10.2 Å². The first-order chi connectivity index (χ1) is 11.3. The van der Waals surface area contributed by atoms with Gasteiger partial charge in [-0.1, -0.05) is 18.2 Å². The summed E-state index contributed by atoms with van der Waals surface area (Å²) in [7, 11) is 2.11. The molecular formula is C18H20N4S. The van der Waals surface area contributed by atoms with Gasteiger partial charge in [-0.25, -0.2) is 9.97 Å². The number of fused-ring (bicyclic) bond motifs is 1. The fourth-order valence-corrected chi connectivity index (χ4v) is 4.05. The second-order valence-corrected chi connectivity index (χ2v) is 6.91. The summed E-state index contributed by atoms with van der Waals surface area (Å²) in [5.74, 6) is 1.01. The van der Waals surface area contributed by atoms with Crippen LogP contribution in [0, 0.1) is 0 Å². The standard InChI is InChI=1S/C18H20N4S/c1-21(17-15-8-11-23-18(15)20-13-19-17)12-14-6-2-3-7-16(14)22-9-4-5-10-22/h2-3,6-8,11,13H,4-5,9-10,12H2,1H3. The highest BCUT2D eigenvalue weighted by molar-refractivity contribution is 7.16. The Morgan fingerprint density at radius 1 is 1.13 bits per heavy atom. The number of aromatic nitrogens is 2. The summed E-state index contributed by atoms with van der Waals surface area (Å²) >= 11 is 1.66.